The van der Waals surface area contributed by atoms with Gasteiger partial charge in [0.2, 0.25) is 5.95 Å². The van der Waals surface area contributed by atoms with Crippen LogP contribution in [0.3, 0.4) is 0 Å². The fourth-order valence-corrected chi connectivity index (χ4v) is 9.45. The summed E-state index contributed by atoms with van der Waals surface area (Å²) in [6, 6.07) is 6.14. The number of piperazine rings is 1. The third-order valence-electron chi connectivity index (χ3n) is 9.88. The predicted molar refractivity (Wildman–Crippen MR) is 187 cm³/mol. The van der Waals surface area contributed by atoms with E-state index in [-0.39, 0.29) is 0 Å². The van der Waals surface area contributed by atoms with Gasteiger partial charge >= 0.3 is 0 Å². The molecule has 3 aromatic heterocycles. The number of aliphatic hydroxyl groups is 1. The number of nitrogens with one attached hydrogen (secondary N) is 1. The number of aromatic nitrogens is 4. The first-order valence-electron chi connectivity index (χ1n) is 16.4. The van der Waals surface area contributed by atoms with E-state index in [0.29, 0.717) is 28.5 Å². The molecule has 0 unspecified atom stereocenters. The van der Waals surface area contributed by atoms with Crippen LogP contribution in [0.4, 0.5) is 17.3 Å². The summed E-state index contributed by atoms with van der Waals surface area (Å²) < 4.78 is 5.76. The molecule has 244 valence electrons. The SMILES string of the molecule is COc1cc(Nc2ncc(Cl)c(-c3cnc(C4CCC(c5csc(C6(O)CCCCC6)n5)CC4)s3)n2)ccc1N1CCN(C)CC1. The van der Waals surface area contributed by atoms with Crippen LogP contribution in [0, 0.1) is 0 Å². The Bertz CT molecular complexity index is 1640. The highest BCUT2D eigenvalue weighted by atomic mass is 35.5. The minimum Gasteiger partial charge on any atom is -0.495 e. The van der Waals surface area contributed by atoms with Crippen LogP contribution in [0.25, 0.3) is 10.6 Å². The number of hydrogen-bond acceptors (Lipinski definition) is 11. The Morgan fingerprint density at radius 1 is 0.978 bits per heavy atom. The third kappa shape index (κ3) is 6.75. The van der Waals surface area contributed by atoms with Crippen LogP contribution in [0.15, 0.2) is 36.0 Å². The third-order valence-corrected chi connectivity index (χ3v) is 12.4. The predicted octanol–water partition coefficient (Wildman–Crippen LogP) is 7.81. The van der Waals surface area contributed by atoms with Crippen molar-refractivity contribution >= 4 is 51.6 Å². The van der Waals surface area contributed by atoms with E-state index >= 15 is 0 Å². The van der Waals surface area contributed by atoms with Crippen molar-refractivity contribution in [2.45, 2.75) is 75.2 Å². The molecule has 3 aliphatic rings. The normalized spacial score (nSPS) is 22.1. The highest BCUT2D eigenvalue weighted by Gasteiger charge is 2.35. The first kappa shape index (κ1) is 31.8. The van der Waals surface area contributed by atoms with Gasteiger partial charge < -0.3 is 25.0 Å². The van der Waals surface area contributed by atoms with Crippen LogP contribution in [-0.4, -0.2) is 70.3 Å². The smallest absolute Gasteiger partial charge is 0.227 e. The second-order valence-corrected chi connectivity index (χ2v) is 15.3. The zero-order chi connectivity index (χ0) is 31.7. The molecule has 2 aliphatic carbocycles. The molecule has 46 heavy (non-hydrogen) atoms. The second kappa shape index (κ2) is 13.7. The molecule has 0 amide bonds. The van der Waals surface area contributed by atoms with E-state index in [2.05, 4.69) is 38.6 Å². The van der Waals surface area contributed by atoms with Crippen LogP contribution >= 0.6 is 34.3 Å². The van der Waals surface area contributed by atoms with Crippen LogP contribution in [-0.2, 0) is 5.60 Å². The van der Waals surface area contributed by atoms with Gasteiger partial charge in [0.15, 0.2) is 0 Å². The summed E-state index contributed by atoms with van der Waals surface area (Å²) in [7, 11) is 3.87. The van der Waals surface area contributed by atoms with Crippen molar-refractivity contribution in [3.8, 4) is 16.3 Å². The molecular formula is C34H42ClN7O2S2. The average molecular weight is 680 g/mol. The Kier molecular flexibility index (Phi) is 9.47. The molecule has 12 heteroatoms. The standard InChI is InChI=1S/C34H42ClN7O2S2/c1-41-14-16-42(17-15-41)27-11-10-24(18-28(27)44-2)38-33-37-19-25(35)30(40-33)29-20-36-31(46-29)23-8-6-22(7-9-23)26-21-45-32(39-26)34(43)12-4-3-5-13-34/h10-11,18-23,43H,3-9,12-17H2,1-2H3,(H,37,38,40). The molecule has 3 fully saturated rings. The van der Waals surface area contributed by atoms with Gasteiger partial charge in [-0.3, -0.25) is 0 Å². The molecule has 1 aliphatic heterocycles. The van der Waals surface area contributed by atoms with Crippen LogP contribution in [0.5, 0.6) is 5.75 Å². The summed E-state index contributed by atoms with van der Waals surface area (Å²) in [4.78, 5) is 24.7. The highest BCUT2D eigenvalue weighted by Crippen LogP contribution is 2.45. The number of hydrogen-bond donors (Lipinski definition) is 2. The molecule has 2 N–H and O–H groups in total. The van der Waals surface area contributed by atoms with Gasteiger partial charge in [-0.05, 0) is 57.7 Å². The van der Waals surface area contributed by atoms with Gasteiger partial charge in [0.1, 0.15) is 22.1 Å². The molecule has 1 saturated heterocycles. The van der Waals surface area contributed by atoms with Crippen LogP contribution in [0.2, 0.25) is 5.02 Å². The summed E-state index contributed by atoms with van der Waals surface area (Å²) in [5.41, 5.74) is 3.09. The summed E-state index contributed by atoms with van der Waals surface area (Å²) >= 11 is 9.94. The molecule has 4 aromatic rings. The maximum absolute atomic E-state index is 11.1. The fourth-order valence-electron chi connectivity index (χ4n) is 7.05. The molecule has 2 saturated carbocycles. The number of benzene rings is 1. The number of thiazole rings is 2. The van der Waals surface area contributed by atoms with Gasteiger partial charge in [-0.15, -0.1) is 22.7 Å². The van der Waals surface area contributed by atoms with Crippen LogP contribution in [0.1, 0.15) is 85.3 Å². The summed E-state index contributed by atoms with van der Waals surface area (Å²) in [6.45, 7) is 4.01. The van der Waals surface area contributed by atoms with Gasteiger partial charge in [-0.2, -0.15) is 0 Å². The zero-order valence-electron chi connectivity index (χ0n) is 26.5. The van der Waals surface area contributed by atoms with E-state index in [1.165, 1.54) is 6.42 Å². The monoisotopic (exact) mass is 679 g/mol. The summed E-state index contributed by atoms with van der Waals surface area (Å²) in [5.74, 6) is 2.17. The molecular weight excluding hydrogens is 638 g/mol. The molecule has 9 nitrogen and oxygen atoms in total. The van der Waals surface area contributed by atoms with E-state index in [9.17, 15) is 5.11 Å². The second-order valence-electron chi connectivity index (χ2n) is 13.0. The lowest BCUT2D eigenvalue weighted by Gasteiger charge is -2.34. The molecule has 4 heterocycles. The van der Waals surface area contributed by atoms with Crippen molar-refractivity contribution in [2.75, 3.05) is 50.6 Å². The zero-order valence-corrected chi connectivity index (χ0v) is 28.9. The largest absolute Gasteiger partial charge is 0.495 e. The van der Waals surface area contributed by atoms with Crippen LogP contribution < -0.4 is 15.0 Å². The minimum absolute atomic E-state index is 0.417. The Morgan fingerprint density at radius 2 is 1.74 bits per heavy atom. The number of nitrogens with zero attached hydrogens (tertiary/aromatic N) is 6. The fraction of sp³-hybridized carbons (Fsp3) is 0.529. The lowest BCUT2D eigenvalue weighted by atomic mass is 9.81. The first-order valence-corrected chi connectivity index (χ1v) is 18.5. The molecule has 0 radical (unpaired) electrons. The van der Waals surface area contributed by atoms with Crippen molar-refractivity contribution in [3.05, 3.63) is 56.7 Å². The number of halogens is 1. The van der Waals surface area contributed by atoms with Gasteiger partial charge in [-0.25, -0.2) is 19.9 Å². The van der Waals surface area contributed by atoms with Crippen molar-refractivity contribution in [1.82, 2.24) is 24.8 Å². The number of likely N-dealkylation sites (N-methyl/N-ethyl adjacent to an activating group) is 1. The van der Waals surface area contributed by atoms with E-state index in [1.807, 2.05) is 18.3 Å². The number of ether oxygens (including phenoxy) is 1. The molecule has 7 rings (SSSR count). The van der Waals surface area contributed by atoms with Gasteiger partial charge in [0.25, 0.3) is 0 Å². The maximum Gasteiger partial charge on any atom is 0.227 e. The van der Waals surface area contributed by atoms with E-state index in [4.69, 9.17) is 31.3 Å². The minimum atomic E-state index is -0.713. The van der Waals surface area contributed by atoms with E-state index in [0.717, 1.165) is 115 Å². The molecule has 0 spiro atoms. The first-order chi connectivity index (χ1) is 22.4. The van der Waals surface area contributed by atoms with Gasteiger partial charge in [-0.1, -0.05) is 30.9 Å². The molecule has 0 bridgehead atoms. The number of anilines is 3. The average Bonchev–Trinajstić information content (AvgIpc) is 3.78. The number of methoxy groups -OCH3 is 1. The van der Waals surface area contributed by atoms with Gasteiger partial charge in [0.05, 0.1) is 39.6 Å². The summed E-state index contributed by atoms with van der Waals surface area (Å²) in [5, 5.41) is 19.2. The molecule has 1 aromatic carbocycles. The lowest BCUT2D eigenvalue weighted by Crippen LogP contribution is -2.44. The molecule has 0 atom stereocenters. The maximum atomic E-state index is 11.1. The highest BCUT2D eigenvalue weighted by molar-refractivity contribution is 7.15. The van der Waals surface area contributed by atoms with Crippen molar-refractivity contribution in [3.63, 3.8) is 0 Å². The number of rotatable bonds is 8. The quantitative estimate of drug-likeness (QED) is 0.193. The Balaban J connectivity index is 0.998. The van der Waals surface area contributed by atoms with Crippen molar-refractivity contribution < 1.29 is 9.84 Å². The van der Waals surface area contributed by atoms with Crippen molar-refractivity contribution in [2.24, 2.45) is 0 Å². The Labute approximate surface area is 284 Å². The van der Waals surface area contributed by atoms with E-state index in [1.54, 1.807) is 36.0 Å². The summed E-state index contributed by atoms with van der Waals surface area (Å²) in [6.07, 6.45) is 12.9. The van der Waals surface area contributed by atoms with Crippen molar-refractivity contribution in [1.29, 1.82) is 0 Å². The Morgan fingerprint density at radius 3 is 2.50 bits per heavy atom. The Hall–Kier alpha value is -2.83. The van der Waals surface area contributed by atoms with E-state index < -0.39 is 5.60 Å². The lowest BCUT2D eigenvalue weighted by molar-refractivity contribution is -0.000990. The topological polar surface area (TPSA) is 99.5 Å². The van der Waals surface area contributed by atoms with Gasteiger partial charge in [0, 0.05) is 61.3 Å².